The van der Waals surface area contributed by atoms with Crippen LogP contribution in [-0.4, -0.2) is 19.6 Å². The van der Waals surface area contributed by atoms with Gasteiger partial charge < -0.3 is 9.67 Å². The van der Waals surface area contributed by atoms with Crippen LogP contribution < -0.4 is 0 Å². The summed E-state index contributed by atoms with van der Waals surface area (Å²) in [4.78, 5) is 8.20. The number of aromatic nitrogens is 3. The first-order chi connectivity index (χ1) is 6.79. The second-order valence-electron chi connectivity index (χ2n) is 3.09. The Balaban J connectivity index is 2.34. The normalized spacial score (nSPS) is 10.4. The first-order valence-corrected chi connectivity index (χ1v) is 4.36. The number of rotatable bonds is 2. The molecule has 0 aliphatic carbocycles. The van der Waals surface area contributed by atoms with Crippen LogP contribution in [0.4, 0.5) is 0 Å². The lowest BCUT2D eigenvalue weighted by atomic mass is 10.3. The third-order valence-corrected chi connectivity index (χ3v) is 1.99. The van der Waals surface area contributed by atoms with E-state index in [4.69, 9.17) is 5.11 Å². The average molecular weight is 189 g/mol. The van der Waals surface area contributed by atoms with Gasteiger partial charge in [-0.15, -0.1) is 0 Å². The molecule has 0 aromatic carbocycles. The number of nitrogens with zero attached hydrogens (tertiary/aromatic N) is 3. The molecule has 4 heteroatoms. The molecule has 2 aromatic heterocycles. The van der Waals surface area contributed by atoms with Gasteiger partial charge in [-0.25, -0.2) is 4.98 Å². The van der Waals surface area contributed by atoms with Gasteiger partial charge in [-0.2, -0.15) is 0 Å². The third kappa shape index (κ3) is 1.65. The molecule has 2 heterocycles. The number of hydrogen-bond donors (Lipinski definition) is 1. The SMILES string of the molecule is Cc1ccc(-n2cnc(CO)c2)cn1. The molecule has 0 aliphatic heterocycles. The summed E-state index contributed by atoms with van der Waals surface area (Å²) in [5, 5.41) is 8.85. The van der Waals surface area contributed by atoms with Gasteiger partial charge in [-0.05, 0) is 19.1 Å². The second kappa shape index (κ2) is 3.59. The van der Waals surface area contributed by atoms with Crippen LogP contribution >= 0.6 is 0 Å². The van der Waals surface area contributed by atoms with Crippen molar-refractivity contribution in [2.45, 2.75) is 13.5 Å². The van der Waals surface area contributed by atoms with E-state index in [1.165, 1.54) is 0 Å². The molecule has 4 nitrogen and oxygen atoms in total. The van der Waals surface area contributed by atoms with E-state index in [0.717, 1.165) is 11.4 Å². The molecule has 0 radical (unpaired) electrons. The zero-order valence-corrected chi connectivity index (χ0v) is 7.88. The van der Waals surface area contributed by atoms with Crippen LogP contribution in [0.2, 0.25) is 0 Å². The monoisotopic (exact) mass is 189 g/mol. The van der Waals surface area contributed by atoms with Crippen molar-refractivity contribution in [2.75, 3.05) is 0 Å². The second-order valence-corrected chi connectivity index (χ2v) is 3.09. The molecule has 0 atom stereocenters. The molecule has 2 rings (SSSR count). The maximum Gasteiger partial charge on any atom is 0.0996 e. The minimum Gasteiger partial charge on any atom is -0.390 e. The first kappa shape index (κ1) is 8.90. The Kier molecular flexibility index (Phi) is 2.28. The van der Waals surface area contributed by atoms with Crippen molar-refractivity contribution in [3.8, 4) is 5.69 Å². The Morgan fingerprint density at radius 2 is 2.21 bits per heavy atom. The summed E-state index contributed by atoms with van der Waals surface area (Å²) in [6.07, 6.45) is 5.22. The third-order valence-electron chi connectivity index (χ3n) is 1.99. The van der Waals surface area contributed by atoms with Gasteiger partial charge in [0.2, 0.25) is 0 Å². The molecular formula is C10H11N3O. The van der Waals surface area contributed by atoms with E-state index in [0.29, 0.717) is 5.69 Å². The molecule has 1 N–H and O–H groups in total. The fourth-order valence-electron chi connectivity index (χ4n) is 1.20. The highest BCUT2D eigenvalue weighted by Gasteiger charge is 1.99. The van der Waals surface area contributed by atoms with Crippen molar-refractivity contribution in [3.63, 3.8) is 0 Å². The van der Waals surface area contributed by atoms with Crippen LogP contribution in [0.25, 0.3) is 5.69 Å². The Morgan fingerprint density at radius 3 is 2.79 bits per heavy atom. The van der Waals surface area contributed by atoms with Gasteiger partial charge in [0, 0.05) is 11.9 Å². The lowest BCUT2D eigenvalue weighted by Crippen LogP contribution is -1.91. The number of aryl methyl sites for hydroxylation is 1. The van der Waals surface area contributed by atoms with Crippen LogP contribution in [0.15, 0.2) is 30.9 Å². The highest BCUT2D eigenvalue weighted by atomic mass is 16.3. The van der Waals surface area contributed by atoms with Crippen LogP contribution in [0.5, 0.6) is 0 Å². The van der Waals surface area contributed by atoms with Crippen molar-refractivity contribution in [1.82, 2.24) is 14.5 Å². The largest absolute Gasteiger partial charge is 0.390 e. The summed E-state index contributed by atoms with van der Waals surface area (Å²) < 4.78 is 1.83. The molecule has 72 valence electrons. The Bertz CT molecular complexity index is 419. The average Bonchev–Trinajstić information content (AvgIpc) is 2.67. The number of imidazole rings is 1. The summed E-state index contributed by atoms with van der Waals surface area (Å²) in [5.74, 6) is 0. The summed E-state index contributed by atoms with van der Waals surface area (Å²) in [5.41, 5.74) is 2.59. The highest BCUT2D eigenvalue weighted by Crippen LogP contribution is 2.07. The Morgan fingerprint density at radius 1 is 1.36 bits per heavy atom. The lowest BCUT2D eigenvalue weighted by Gasteiger charge is -2.00. The van der Waals surface area contributed by atoms with Crippen LogP contribution in [0.1, 0.15) is 11.4 Å². The van der Waals surface area contributed by atoms with Gasteiger partial charge in [0.05, 0.1) is 30.5 Å². The molecule has 0 saturated carbocycles. The molecule has 0 saturated heterocycles. The van der Waals surface area contributed by atoms with Gasteiger partial charge in [0.25, 0.3) is 0 Å². The maximum absolute atomic E-state index is 8.85. The fourth-order valence-corrected chi connectivity index (χ4v) is 1.20. The summed E-state index contributed by atoms with van der Waals surface area (Å²) in [6.45, 7) is 1.91. The smallest absolute Gasteiger partial charge is 0.0996 e. The zero-order valence-electron chi connectivity index (χ0n) is 7.88. The van der Waals surface area contributed by atoms with E-state index in [1.54, 1.807) is 18.7 Å². The lowest BCUT2D eigenvalue weighted by molar-refractivity contribution is 0.277. The maximum atomic E-state index is 8.85. The van der Waals surface area contributed by atoms with E-state index in [-0.39, 0.29) is 6.61 Å². The van der Waals surface area contributed by atoms with E-state index in [1.807, 2.05) is 23.6 Å². The topological polar surface area (TPSA) is 50.9 Å². The van der Waals surface area contributed by atoms with E-state index >= 15 is 0 Å². The minimum atomic E-state index is -0.0354. The molecule has 0 amide bonds. The molecule has 14 heavy (non-hydrogen) atoms. The summed E-state index contributed by atoms with van der Waals surface area (Å²) >= 11 is 0. The Hall–Kier alpha value is -1.68. The van der Waals surface area contributed by atoms with E-state index in [9.17, 15) is 0 Å². The Labute approximate surface area is 81.9 Å². The number of hydrogen-bond acceptors (Lipinski definition) is 3. The summed E-state index contributed by atoms with van der Waals surface area (Å²) in [7, 11) is 0. The van der Waals surface area contributed by atoms with E-state index < -0.39 is 0 Å². The minimum absolute atomic E-state index is 0.0354. The van der Waals surface area contributed by atoms with Crippen LogP contribution in [0.3, 0.4) is 0 Å². The van der Waals surface area contributed by atoms with Gasteiger partial charge in [-0.3, -0.25) is 4.98 Å². The molecule has 0 spiro atoms. The molecule has 0 bridgehead atoms. The predicted octanol–water partition coefficient (Wildman–Crippen LogP) is 1.07. The van der Waals surface area contributed by atoms with Gasteiger partial charge >= 0.3 is 0 Å². The summed E-state index contributed by atoms with van der Waals surface area (Å²) in [6, 6.07) is 3.90. The van der Waals surface area contributed by atoms with E-state index in [2.05, 4.69) is 9.97 Å². The van der Waals surface area contributed by atoms with Crippen LogP contribution in [-0.2, 0) is 6.61 Å². The zero-order chi connectivity index (χ0) is 9.97. The standard InChI is InChI=1S/C10H11N3O/c1-8-2-3-10(4-11-8)13-5-9(6-14)12-7-13/h2-5,7,14H,6H2,1H3. The highest BCUT2D eigenvalue weighted by molar-refractivity contribution is 5.29. The number of aliphatic hydroxyl groups excluding tert-OH is 1. The van der Waals surface area contributed by atoms with Gasteiger partial charge in [0.15, 0.2) is 0 Å². The van der Waals surface area contributed by atoms with Crippen molar-refractivity contribution < 1.29 is 5.11 Å². The molecule has 0 unspecified atom stereocenters. The molecule has 0 fully saturated rings. The van der Waals surface area contributed by atoms with Crippen molar-refractivity contribution in [2.24, 2.45) is 0 Å². The number of aliphatic hydroxyl groups is 1. The molecule has 2 aromatic rings. The van der Waals surface area contributed by atoms with Gasteiger partial charge in [-0.1, -0.05) is 0 Å². The molecule has 0 aliphatic rings. The first-order valence-electron chi connectivity index (χ1n) is 4.36. The quantitative estimate of drug-likeness (QED) is 0.768. The fraction of sp³-hybridized carbons (Fsp3) is 0.200. The predicted molar refractivity (Wildman–Crippen MR) is 52.0 cm³/mol. The van der Waals surface area contributed by atoms with Crippen molar-refractivity contribution in [1.29, 1.82) is 0 Å². The van der Waals surface area contributed by atoms with Crippen molar-refractivity contribution >= 4 is 0 Å². The number of pyridine rings is 1. The molecular weight excluding hydrogens is 178 g/mol. The van der Waals surface area contributed by atoms with Crippen molar-refractivity contribution in [3.05, 3.63) is 42.2 Å². The van der Waals surface area contributed by atoms with Gasteiger partial charge in [0.1, 0.15) is 0 Å². The van der Waals surface area contributed by atoms with Crippen LogP contribution in [0, 0.1) is 6.92 Å².